The van der Waals surface area contributed by atoms with Gasteiger partial charge in [0.15, 0.2) is 5.78 Å². The molecule has 0 spiro atoms. The Bertz CT molecular complexity index is 847. The number of hydrogen-bond acceptors (Lipinski definition) is 3. The smallest absolute Gasteiger partial charge is 0.185 e. The Hall–Kier alpha value is -3.14. The van der Waals surface area contributed by atoms with Crippen molar-refractivity contribution >= 4 is 11.9 Å². The number of allylic oxidation sites excluding steroid dienone is 1. The van der Waals surface area contributed by atoms with Crippen molar-refractivity contribution in [3.63, 3.8) is 0 Å². The summed E-state index contributed by atoms with van der Waals surface area (Å²) in [6, 6.07) is 13.8. The van der Waals surface area contributed by atoms with E-state index in [1.807, 2.05) is 0 Å². The number of benzene rings is 2. The maximum absolute atomic E-state index is 13.0. The summed E-state index contributed by atoms with van der Waals surface area (Å²) in [6.45, 7) is 0. The molecule has 3 nitrogen and oxygen atoms in total. The highest BCUT2D eigenvalue weighted by molar-refractivity contribution is 6.07. The van der Waals surface area contributed by atoms with Crippen LogP contribution in [-0.4, -0.2) is 10.9 Å². The van der Waals surface area contributed by atoms with Crippen LogP contribution in [0.1, 0.15) is 16.1 Å². The van der Waals surface area contributed by atoms with Gasteiger partial charge in [0.2, 0.25) is 0 Å². The third kappa shape index (κ3) is 3.37. The molecule has 2 aromatic carbocycles. The predicted octanol–water partition coefficient (Wildman–Crippen LogP) is 4.69. The minimum Gasteiger partial charge on any atom is -0.507 e. The van der Waals surface area contributed by atoms with Crippen molar-refractivity contribution < 1.29 is 18.7 Å². The van der Waals surface area contributed by atoms with Crippen LogP contribution in [0.5, 0.6) is 5.75 Å². The highest BCUT2D eigenvalue weighted by Crippen LogP contribution is 2.30. The van der Waals surface area contributed by atoms with Gasteiger partial charge in [0, 0.05) is 11.1 Å². The molecule has 23 heavy (non-hydrogen) atoms. The van der Waals surface area contributed by atoms with Crippen molar-refractivity contribution in [1.82, 2.24) is 0 Å². The number of rotatable bonds is 4. The number of carbonyl (C=O) groups excluding carboxylic acids is 1. The first-order valence-electron chi connectivity index (χ1n) is 6.98. The molecule has 0 fully saturated rings. The minimum absolute atomic E-state index is 0.0307. The number of ketones is 1. The number of aromatic hydroxyl groups is 1. The van der Waals surface area contributed by atoms with Gasteiger partial charge in [-0.2, -0.15) is 0 Å². The lowest BCUT2D eigenvalue weighted by atomic mass is 10.00. The number of phenols is 1. The number of furan rings is 1. The summed E-state index contributed by atoms with van der Waals surface area (Å²) < 4.78 is 18.1. The van der Waals surface area contributed by atoms with Crippen LogP contribution in [-0.2, 0) is 0 Å². The molecule has 0 aliphatic heterocycles. The lowest BCUT2D eigenvalue weighted by Gasteiger charge is -2.06. The first-order valence-corrected chi connectivity index (χ1v) is 6.98. The van der Waals surface area contributed by atoms with Crippen molar-refractivity contribution in [3.8, 4) is 16.9 Å². The average Bonchev–Trinajstić information content (AvgIpc) is 3.07. The number of hydrogen-bond donors (Lipinski definition) is 1. The second kappa shape index (κ2) is 6.32. The Morgan fingerprint density at radius 3 is 2.57 bits per heavy atom. The van der Waals surface area contributed by atoms with E-state index in [-0.39, 0.29) is 17.3 Å². The largest absolute Gasteiger partial charge is 0.507 e. The van der Waals surface area contributed by atoms with Crippen LogP contribution in [0, 0.1) is 5.82 Å². The molecule has 1 aromatic heterocycles. The Balaban J connectivity index is 1.90. The minimum atomic E-state index is -0.359. The number of halogens is 1. The van der Waals surface area contributed by atoms with Gasteiger partial charge in [-0.1, -0.05) is 12.1 Å². The molecule has 1 N–H and O–H groups in total. The number of carbonyl (C=O) groups is 1. The van der Waals surface area contributed by atoms with Crippen LogP contribution in [0.4, 0.5) is 4.39 Å². The molecule has 4 heteroatoms. The highest BCUT2D eigenvalue weighted by Gasteiger charge is 2.09. The fourth-order valence-electron chi connectivity index (χ4n) is 2.19. The zero-order valence-electron chi connectivity index (χ0n) is 12.1. The van der Waals surface area contributed by atoms with Gasteiger partial charge in [-0.05, 0) is 60.2 Å². The van der Waals surface area contributed by atoms with E-state index in [1.54, 1.807) is 36.4 Å². The molecule has 1 heterocycles. The van der Waals surface area contributed by atoms with Crippen LogP contribution in [0.15, 0.2) is 71.4 Å². The van der Waals surface area contributed by atoms with E-state index in [0.717, 1.165) is 0 Å². The lowest BCUT2D eigenvalue weighted by Crippen LogP contribution is -1.95. The van der Waals surface area contributed by atoms with Crippen molar-refractivity contribution in [3.05, 3.63) is 84.1 Å². The topological polar surface area (TPSA) is 50.4 Å². The maximum Gasteiger partial charge on any atom is 0.185 e. The Morgan fingerprint density at radius 1 is 1.09 bits per heavy atom. The van der Waals surface area contributed by atoms with Gasteiger partial charge in [0.05, 0.1) is 6.26 Å². The average molecular weight is 308 g/mol. The maximum atomic E-state index is 13.0. The molecule has 0 bridgehead atoms. The summed E-state index contributed by atoms with van der Waals surface area (Å²) >= 11 is 0. The van der Waals surface area contributed by atoms with E-state index >= 15 is 0 Å². The van der Waals surface area contributed by atoms with E-state index in [4.69, 9.17) is 4.42 Å². The summed E-state index contributed by atoms with van der Waals surface area (Å²) in [7, 11) is 0. The van der Waals surface area contributed by atoms with Crippen LogP contribution >= 0.6 is 0 Å². The summed E-state index contributed by atoms with van der Waals surface area (Å²) in [5, 5.41) is 9.98. The fraction of sp³-hybridized carbons (Fsp3) is 0. The first kappa shape index (κ1) is 14.8. The van der Waals surface area contributed by atoms with Crippen molar-refractivity contribution in [2.75, 3.05) is 0 Å². The zero-order valence-corrected chi connectivity index (χ0v) is 12.1. The molecule has 0 radical (unpaired) electrons. The Kier molecular flexibility index (Phi) is 4.06. The molecular weight excluding hydrogens is 295 g/mol. The van der Waals surface area contributed by atoms with Crippen LogP contribution < -0.4 is 0 Å². The van der Waals surface area contributed by atoms with Crippen LogP contribution in [0.3, 0.4) is 0 Å². The SMILES string of the molecule is O=C(/C=C/c1ccco1)c1ccc(O)c(-c2ccc(F)cc2)c1. The second-order valence-electron chi connectivity index (χ2n) is 4.95. The molecule has 0 saturated carbocycles. The lowest BCUT2D eigenvalue weighted by molar-refractivity contribution is 0.104. The molecule has 114 valence electrons. The molecule has 0 aliphatic rings. The Labute approximate surface area is 132 Å². The van der Waals surface area contributed by atoms with E-state index < -0.39 is 0 Å². The summed E-state index contributed by atoms with van der Waals surface area (Å²) in [5.41, 5.74) is 1.53. The van der Waals surface area contributed by atoms with Gasteiger partial charge in [0.25, 0.3) is 0 Å². The normalized spacial score (nSPS) is 11.0. The second-order valence-corrected chi connectivity index (χ2v) is 4.95. The van der Waals surface area contributed by atoms with E-state index in [0.29, 0.717) is 22.5 Å². The third-order valence-corrected chi connectivity index (χ3v) is 3.38. The first-order chi connectivity index (χ1) is 11.1. The quantitative estimate of drug-likeness (QED) is 0.562. The third-order valence-electron chi connectivity index (χ3n) is 3.38. The molecule has 3 aromatic rings. The standard InChI is InChI=1S/C19H13FO3/c20-15-6-3-13(4-7-15)17-12-14(5-9-19(17)22)18(21)10-8-16-2-1-11-23-16/h1-12,22H/b10-8+. The number of phenolic OH excluding ortho intramolecular Hbond substituents is 1. The van der Waals surface area contributed by atoms with E-state index in [2.05, 4.69) is 0 Å². The molecule has 3 rings (SSSR count). The fourth-order valence-corrected chi connectivity index (χ4v) is 2.19. The van der Waals surface area contributed by atoms with Gasteiger partial charge >= 0.3 is 0 Å². The summed E-state index contributed by atoms with van der Waals surface area (Å²) in [4.78, 5) is 12.2. The molecular formula is C19H13FO3. The van der Waals surface area contributed by atoms with Crippen LogP contribution in [0.2, 0.25) is 0 Å². The molecule has 0 aliphatic carbocycles. The van der Waals surface area contributed by atoms with Gasteiger partial charge in [-0.25, -0.2) is 4.39 Å². The monoisotopic (exact) mass is 308 g/mol. The highest BCUT2D eigenvalue weighted by atomic mass is 19.1. The van der Waals surface area contributed by atoms with Crippen LogP contribution in [0.25, 0.3) is 17.2 Å². The zero-order chi connectivity index (χ0) is 16.2. The molecule has 0 amide bonds. The van der Waals surface area contributed by atoms with Gasteiger partial charge in [-0.3, -0.25) is 4.79 Å². The van der Waals surface area contributed by atoms with Gasteiger partial charge < -0.3 is 9.52 Å². The van der Waals surface area contributed by atoms with Crippen molar-refractivity contribution in [2.24, 2.45) is 0 Å². The summed E-state index contributed by atoms with van der Waals surface area (Å²) in [5.74, 6) is 0.0330. The van der Waals surface area contributed by atoms with E-state index in [9.17, 15) is 14.3 Å². The molecule has 0 unspecified atom stereocenters. The molecule has 0 atom stereocenters. The van der Waals surface area contributed by atoms with Gasteiger partial charge in [0.1, 0.15) is 17.3 Å². The van der Waals surface area contributed by atoms with Crippen molar-refractivity contribution in [2.45, 2.75) is 0 Å². The Morgan fingerprint density at radius 2 is 1.87 bits per heavy atom. The van der Waals surface area contributed by atoms with E-state index in [1.165, 1.54) is 36.6 Å². The molecule has 0 saturated heterocycles. The van der Waals surface area contributed by atoms with Gasteiger partial charge in [-0.15, -0.1) is 0 Å². The summed E-state index contributed by atoms with van der Waals surface area (Å²) in [6.07, 6.45) is 4.50. The predicted molar refractivity (Wildman–Crippen MR) is 85.6 cm³/mol. The van der Waals surface area contributed by atoms with Crippen molar-refractivity contribution in [1.29, 1.82) is 0 Å².